The minimum Gasteiger partial charge on any atom is -0.330 e. The highest BCUT2D eigenvalue weighted by molar-refractivity contribution is 7.99. The highest BCUT2D eigenvalue weighted by atomic mass is 32.2. The minimum atomic E-state index is 0.858. The molecule has 12 heavy (non-hydrogen) atoms. The Balaban J connectivity index is 2.73. The monoisotopic (exact) mass is 189 g/mol. The summed E-state index contributed by atoms with van der Waals surface area (Å²) in [4.78, 5) is 0. The standard InChI is InChI=1S/C10H23NS/c1-2-3-4-6-9-12-10-7-5-8-11/h2-11H2,1H3. The van der Waals surface area contributed by atoms with Crippen LogP contribution in [0.3, 0.4) is 0 Å². The first-order valence-corrected chi connectivity index (χ1v) is 6.35. The molecule has 1 nitrogen and oxygen atoms in total. The fourth-order valence-electron chi connectivity index (χ4n) is 1.08. The van der Waals surface area contributed by atoms with Crippen molar-refractivity contribution in [2.75, 3.05) is 18.1 Å². The zero-order valence-electron chi connectivity index (χ0n) is 8.35. The molecular weight excluding hydrogens is 166 g/mol. The Hall–Kier alpha value is 0.310. The third kappa shape index (κ3) is 10.3. The lowest BCUT2D eigenvalue weighted by Gasteiger charge is -2.00. The van der Waals surface area contributed by atoms with Crippen LogP contribution in [0.2, 0.25) is 0 Å². The van der Waals surface area contributed by atoms with Crippen LogP contribution in [0.15, 0.2) is 0 Å². The average molecular weight is 189 g/mol. The zero-order valence-corrected chi connectivity index (χ0v) is 9.17. The molecule has 0 aliphatic rings. The van der Waals surface area contributed by atoms with Gasteiger partial charge in [0.2, 0.25) is 0 Å². The van der Waals surface area contributed by atoms with Crippen molar-refractivity contribution in [3.8, 4) is 0 Å². The van der Waals surface area contributed by atoms with E-state index in [-0.39, 0.29) is 0 Å². The van der Waals surface area contributed by atoms with E-state index >= 15 is 0 Å². The predicted octanol–water partition coefficient (Wildman–Crippen LogP) is 3.04. The van der Waals surface area contributed by atoms with Crippen molar-refractivity contribution >= 4 is 11.8 Å². The van der Waals surface area contributed by atoms with E-state index in [0.717, 1.165) is 6.54 Å². The van der Waals surface area contributed by atoms with E-state index in [1.165, 1.54) is 50.0 Å². The molecule has 0 atom stereocenters. The number of hydrogen-bond acceptors (Lipinski definition) is 2. The van der Waals surface area contributed by atoms with Crippen molar-refractivity contribution in [3.05, 3.63) is 0 Å². The molecule has 0 heterocycles. The van der Waals surface area contributed by atoms with Gasteiger partial charge >= 0.3 is 0 Å². The number of thioether (sulfide) groups is 1. The maximum absolute atomic E-state index is 5.40. The SMILES string of the molecule is CCCCCCSCCCCN. The second-order valence-electron chi connectivity index (χ2n) is 3.17. The summed E-state index contributed by atoms with van der Waals surface area (Å²) in [6, 6.07) is 0. The van der Waals surface area contributed by atoms with Gasteiger partial charge in [0.1, 0.15) is 0 Å². The van der Waals surface area contributed by atoms with Crippen molar-refractivity contribution in [1.82, 2.24) is 0 Å². The van der Waals surface area contributed by atoms with E-state index in [9.17, 15) is 0 Å². The topological polar surface area (TPSA) is 26.0 Å². The Kier molecular flexibility index (Phi) is 11.6. The normalized spacial score (nSPS) is 10.5. The quantitative estimate of drug-likeness (QED) is 0.564. The maximum atomic E-state index is 5.40. The summed E-state index contributed by atoms with van der Waals surface area (Å²) in [5.74, 6) is 2.66. The summed E-state index contributed by atoms with van der Waals surface area (Å²) in [5.41, 5.74) is 5.40. The number of rotatable bonds is 9. The van der Waals surface area contributed by atoms with Gasteiger partial charge < -0.3 is 5.73 Å². The van der Waals surface area contributed by atoms with Gasteiger partial charge in [-0.1, -0.05) is 26.2 Å². The fourth-order valence-corrected chi connectivity index (χ4v) is 2.10. The van der Waals surface area contributed by atoms with Gasteiger partial charge in [0.15, 0.2) is 0 Å². The van der Waals surface area contributed by atoms with Gasteiger partial charge in [-0.25, -0.2) is 0 Å². The van der Waals surface area contributed by atoms with Crippen LogP contribution < -0.4 is 5.73 Å². The molecule has 74 valence electrons. The summed E-state index contributed by atoms with van der Waals surface area (Å²) in [6.45, 7) is 3.12. The van der Waals surface area contributed by atoms with E-state index in [1.807, 2.05) is 0 Å². The van der Waals surface area contributed by atoms with Crippen molar-refractivity contribution in [2.45, 2.75) is 45.4 Å². The zero-order chi connectivity index (χ0) is 9.07. The molecule has 0 aromatic rings. The first-order chi connectivity index (χ1) is 5.91. The van der Waals surface area contributed by atoms with Crippen LogP contribution in [-0.2, 0) is 0 Å². The Bertz CT molecular complexity index is 66.2. The van der Waals surface area contributed by atoms with Gasteiger partial charge in [-0.2, -0.15) is 11.8 Å². The summed E-state index contributed by atoms with van der Waals surface area (Å²) < 4.78 is 0. The second kappa shape index (κ2) is 11.3. The third-order valence-corrected chi connectivity index (χ3v) is 3.04. The van der Waals surface area contributed by atoms with Crippen LogP contribution >= 0.6 is 11.8 Å². The van der Waals surface area contributed by atoms with Gasteiger partial charge in [-0.05, 0) is 37.3 Å². The second-order valence-corrected chi connectivity index (χ2v) is 4.39. The van der Waals surface area contributed by atoms with Crippen molar-refractivity contribution in [2.24, 2.45) is 5.73 Å². The average Bonchev–Trinajstić information content (AvgIpc) is 2.10. The number of hydrogen-bond donors (Lipinski definition) is 1. The lowest BCUT2D eigenvalue weighted by atomic mass is 10.2. The van der Waals surface area contributed by atoms with E-state index < -0.39 is 0 Å². The Morgan fingerprint density at radius 1 is 0.917 bits per heavy atom. The van der Waals surface area contributed by atoms with Crippen molar-refractivity contribution < 1.29 is 0 Å². The van der Waals surface area contributed by atoms with E-state index in [2.05, 4.69) is 18.7 Å². The van der Waals surface area contributed by atoms with Crippen molar-refractivity contribution in [3.63, 3.8) is 0 Å². The van der Waals surface area contributed by atoms with Gasteiger partial charge in [-0.3, -0.25) is 0 Å². The van der Waals surface area contributed by atoms with Crippen LogP contribution in [0, 0.1) is 0 Å². The Morgan fingerprint density at radius 3 is 2.17 bits per heavy atom. The van der Waals surface area contributed by atoms with Crippen molar-refractivity contribution in [1.29, 1.82) is 0 Å². The Morgan fingerprint density at radius 2 is 1.58 bits per heavy atom. The first kappa shape index (κ1) is 12.3. The molecular formula is C10H23NS. The molecule has 0 spiro atoms. The molecule has 0 saturated heterocycles. The van der Waals surface area contributed by atoms with Gasteiger partial charge in [0, 0.05) is 0 Å². The molecule has 0 rings (SSSR count). The summed E-state index contributed by atoms with van der Waals surface area (Å²) in [6.07, 6.45) is 8.07. The Labute approximate surface area is 81.5 Å². The van der Waals surface area contributed by atoms with E-state index in [1.54, 1.807) is 0 Å². The third-order valence-electron chi connectivity index (χ3n) is 1.89. The molecule has 0 bridgehead atoms. The molecule has 2 heteroatoms. The molecule has 0 aliphatic heterocycles. The molecule has 2 N–H and O–H groups in total. The predicted molar refractivity (Wildman–Crippen MR) is 59.8 cm³/mol. The van der Waals surface area contributed by atoms with Gasteiger partial charge in [0.25, 0.3) is 0 Å². The lowest BCUT2D eigenvalue weighted by molar-refractivity contribution is 0.706. The molecule has 0 unspecified atom stereocenters. The van der Waals surface area contributed by atoms with Gasteiger partial charge in [0.05, 0.1) is 0 Å². The highest BCUT2D eigenvalue weighted by Crippen LogP contribution is 2.09. The first-order valence-electron chi connectivity index (χ1n) is 5.19. The van der Waals surface area contributed by atoms with Crippen LogP contribution in [-0.4, -0.2) is 18.1 Å². The summed E-state index contributed by atoms with van der Waals surface area (Å²) in [5, 5.41) is 0. The largest absolute Gasteiger partial charge is 0.330 e. The summed E-state index contributed by atoms with van der Waals surface area (Å²) in [7, 11) is 0. The highest BCUT2D eigenvalue weighted by Gasteiger charge is 1.90. The summed E-state index contributed by atoms with van der Waals surface area (Å²) >= 11 is 2.09. The van der Waals surface area contributed by atoms with Crippen LogP contribution in [0.1, 0.15) is 45.4 Å². The maximum Gasteiger partial charge on any atom is -0.00671 e. The fraction of sp³-hybridized carbons (Fsp3) is 1.00. The molecule has 0 aliphatic carbocycles. The minimum absolute atomic E-state index is 0.858. The number of unbranched alkanes of at least 4 members (excludes halogenated alkanes) is 4. The number of nitrogens with two attached hydrogens (primary N) is 1. The van der Waals surface area contributed by atoms with E-state index in [4.69, 9.17) is 5.73 Å². The molecule has 0 fully saturated rings. The lowest BCUT2D eigenvalue weighted by Crippen LogP contribution is -1.98. The smallest absolute Gasteiger partial charge is 0.00671 e. The van der Waals surface area contributed by atoms with Crippen LogP contribution in [0.4, 0.5) is 0 Å². The molecule has 0 aromatic heterocycles. The molecule has 0 aromatic carbocycles. The van der Waals surface area contributed by atoms with E-state index in [0.29, 0.717) is 0 Å². The molecule has 0 saturated carbocycles. The molecule has 0 amide bonds. The van der Waals surface area contributed by atoms with Gasteiger partial charge in [-0.15, -0.1) is 0 Å². The van der Waals surface area contributed by atoms with Crippen LogP contribution in [0.5, 0.6) is 0 Å². The van der Waals surface area contributed by atoms with Crippen LogP contribution in [0.25, 0.3) is 0 Å². The molecule has 0 radical (unpaired) electrons.